The number of halogens is 4. The summed E-state index contributed by atoms with van der Waals surface area (Å²) in [6.45, 7) is 5.74. The number of thioether (sulfide) groups is 1. The average Bonchev–Trinajstić information content (AvgIpc) is 3.49. The van der Waals surface area contributed by atoms with E-state index in [1.54, 1.807) is 35.0 Å². The molecule has 0 saturated heterocycles. The molecule has 1 aromatic heterocycles. The molecule has 4 aromatic rings. The fraction of sp³-hybridized carbons (Fsp3) is 0.371. The number of sulfonamides is 1. The predicted octanol–water partition coefficient (Wildman–Crippen LogP) is 5.96. The molecule has 1 atom stereocenters. The van der Waals surface area contributed by atoms with Gasteiger partial charge in [-0.25, -0.2) is 26.6 Å². The predicted molar refractivity (Wildman–Crippen MR) is 187 cm³/mol. The first-order valence-electron chi connectivity index (χ1n) is 15.8. The molecule has 0 aliphatic heterocycles. The molecule has 4 rings (SSSR count). The number of hydrogen-bond acceptors (Lipinski definition) is 6. The van der Waals surface area contributed by atoms with Crippen LogP contribution in [0.2, 0.25) is 5.02 Å². The lowest BCUT2D eigenvalue weighted by Crippen LogP contribution is -3.05. The molecule has 0 radical (unpaired) electrons. The van der Waals surface area contributed by atoms with Gasteiger partial charge in [0.05, 0.1) is 49.6 Å². The van der Waals surface area contributed by atoms with E-state index in [0.717, 1.165) is 45.2 Å². The molecule has 0 bridgehead atoms. The van der Waals surface area contributed by atoms with Gasteiger partial charge in [-0.1, -0.05) is 43.3 Å². The van der Waals surface area contributed by atoms with E-state index < -0.39 is 55.4 Å². The molecule has 50 heavy (non-hydrogen) atoms. The Balaban J connectivity index is 1.68. The van der Waals surface area contributed by atoms with E-state index in [2.05, 4.69) is 4.98 Å². The molecule has 15 heteroatoms. The van der Waals surface area contributed by atoms with E-state index in [0.29, 0.717) is 40.2 Å². The van der Waals surface area contributed by atoms with Crippen molar-refractivity contribution in [3.63, 3.8) is 0 Å². The molecule has 0 amide bonds. The van der Waals surface area contributed by atoms with Gasteiger partial charge in [0.2, 0.25) is 10.0 Å². The number of nitrogens with zero attached hydrogens (tertiary/aromatic N) is 3. The molecule has 3 aromatic carbocycles. The lowest BCUT2D eigenvalue weighted by atomic mass is 9.81. The van der Waals surface area contributed by atoms with Gasteiger partial charge in [0.15, 0.2) is 5.16 Å². The molecule has 0 spiro atoms. The maximum atomic E-state index is 15.6. The molecule has 0 saturated carbocycles. The molecule has 1 heterocycles. The highest BCUT2D eigenvalue weighted by molar-refractivity contribution is 7.98. The van der Waals surface area contributed by atoms with Gasteiger partial charge in [0.1, 0.15) is 29.2 Å². The first-order valence-corrected chi connectivity index (χ1v) is 18.6. The van der Waals surface area contributed by atoms with E-state index in [9.17, 15) is 22.7 Å². The van der Waals surface area contributed by atoms with Gasteiger partial charge >= 0.3 is 5.97 Å². The highest BCUT2D eigenvalue weighted by Gasteiger charge is 2.34. The molecule has 0 aliphatic carbocycles. The minimum Gasteiger partial charge on any atom is -0.495 e. The summed E-state index contributed by atoms with van der Waals surface area (Å²) < 4.78 is 80.2. The number of carboxylic acid groups (broad SMARTS) is 1. The third-order valence-corrected chi connectivity index (χ3v) is 11.7. The normalized spacial score (nSPS) is 12.9. The van der Waals surface area contributed by atoms with E-state index in [-0.39, 0.29) is 12.3 Å². The average molecular weight is 754 g/mol. The summed E-state index contributed by atoms with van der Waals surface area (Å²) in [6, 6.07) is 11.1. The van der Waals surface area contributed by atoms with Crippen molar-refractivity contribution in [2.24, 2.45) is 0 Å². The van der Waals surface area contributed by atoms with Crippen molar-refractivity contribution in [1.82, 2.24) is 13.9 Å². The number of methoxy groups -OCH3 is 1. The quantitative estimate of drug-likeness (QED) is 0.108. The molecule has 2 N–H and O–H groups in total. The number of hydrogen-bond donors (Lipinski definition) is 2. The topological polar surface area (TPSA) is 106 Å². The number of carbonyl (C=O) groups is 1. The monoisotopic (exact) mass is 753 g/mol. The summed E-state index contributed by atoms with van der Waals surface area (Å²) in [7, 11) is 0.815. The Morgan fingerprint density at radius 1 is 1.08 bits per heavy atom. The second-order valence-electron chi connectivity index (χ2n) is 12.7. The number of unbranched alkanes of at least 4 members (excludes halogenated alkanes) is 1. The SMILES string of the molecule is COc1cc(C(C)(C)c2cnc(SCc3c(F)cc(S(=O)(=O)N(CCCC[NH+](C)C)[C@H](C)C(=O)O)cc3F)n2-c2ccc(F)cc2)ccc1Cl. The van der Waals surface area contributed by atoms with Crippen LogP contribution in [0.25, 0.3) is 5.69 Å². The maximum Gasteiger partial charge on any atom is 0.321 e. The van der Waals surface area contributed by atoms with Crippen LogP contribution in [0.4, 0.5) is 13.2 Å². The van der Waals surface area contributed by atoms with Crippen LogP contribution in [-0.4, -0.2) is 73.7 Å². The number of imidazole rings is 1. The third-order valence-electron chi connectivity index (χ3n) is 8.49. The van der Waals surface area contributed by atoms with Crippen molar-refractivity contribution in [2.75, 3.05) is 34.3 Å². The Morgan fingerprint density at radius 3 is 2.30 bits per heavy atom. The van der Waals surface area contributed by atoms with E-state index in [1.807, 2.05) is 34.0 Å². The molecule has 270 valence electrons. The first-order chi connectivity index (χ1) is 23.5. The summed E-state index contributed by atoms with van der Waals surface area (Å²) in [4.78, 5) is 16.8. The van der Waals surface area contributed by atoms with E-state index in [1.165, 1.54) is 26.2 Å². The van der Waals surface area contributed by atoms with Crippen molar-refractivity contribution in [1.29, 1.82) is 0 Å². The Kier molecular flexibility index (Phi) is 12.7. The number of aromatic nitrogens is 2. The smallest absolute Gasteiger partial charge is 0.321 e. The zero-order chi connectivity index (χ0) is 37.0. The van der Waals surface area contributed by atoms with Gasteiger partial charge in [-0.05, 0) is 73.9 Å². The van der Waals surface area contributed by atoms with Gasteiger partial charge in [0.25, 0.3) is 0 Å². The summed E-state index contributed by atoms with van der Waals surface area (Å²) in [5.41, 5.74) is 0.961. The molecular weight excluding hydrogens is 713 g/mol. The van der Waals surface area contributed by atoms with E-state index >= 15 is 8.78 Å². The lowest BCUT2D eigenvalue weighted by molar-refractivity contribution is -0.858. The number of carboxylic acids is 1. The zero-order valence-corrected chi connectivity index (χ0v) is 31.0. The molecule has 0 aliphatic rings. The van der Waals surface area contributed by atoms with Crippen LogP contribution in [0, 0.1) is 17.5 Å². The van der Waals surface area contributed by atoms with Crippen molar-refractivity contribution in [3.05, 3.63) is 100 Å². The van der Waals surface area contributed by atoms with Crippen molar-refractivity contribution in [3.8, 4) is 11.4 Å². The van der Waals surface area contributed by atoms with Crippen LogP contribution in [0.3, 0.4) is 0 Å². The molecular formula is C35H41ClF3N4O5S2+. The van der Waals surface area contributed by atoms with Crippen LogP contribution in [0.5, 0.6) is 5.75 Å². The van der Waals surface area contributed by atoms with Crippen molar-refractivity contribution in [2.45, 2.75) is 60.9 Å². The maximum absolute atomic E-state index is 15.6. The van der Waals surface area contributed by atoms with Crippen molar-refractivity contribution >= 4 is 39.4 Å². The van der Waals surface area contributed by atoms with Crippen molar-refractivity contribution < 1.29 is 41.1 Å². The van der Waals surface area contributed by atoms with Gasteiger partial charge in [-0.15, -0.1) is 0 Å². The third kappa shape index (κ3) is 8.65. The standard InChI is InChI=1S/C35H40ClF3N4O5S2/c1-22(33(44)45)42(16-8-7-15-41(4)5)50(46,47)26-18-29(38)27(30(39)19-26)21-49-34-40-20-32(43(34)25-12-10-24(37)11-13-25)35(2,3)23-9-14-28(36)31(17-23)48-6/h9-14,17-20,22H,7-8,15-16,21H2,1-6H3,(H,44,45)/p+1/t22-/m1/s1. The minimum atomic E-state index is -4.57. The second kappa shape index (κ2) is 16.2. The van der Waals surface area contributed by atoms with Crippen LogP contribution >= 0.6 is 23.4 Å². The number of rotatable bonds is 16. The van der Waals surface area contributed by atoms with Gasteiger partial charge in [-0.2, -0.15) is 4.31 Å². The van der Waals surface area contributed by atoms with Gasteiger partial charge in [-0.3, -0.25) is 9.36 Å². The largest absolute Gasteiger partial charge is 0.495 e. The molecule has 0 unspecified atom stereocenters. The van der Waals surface area contributed by atoms with E-state index in [4.69, 9.17) is 16.3 Å². The fourth-order valence-electron chi connectivity index (χ4n) is 5.44. The number of ether oxygens (including phenoxy) is 1. The summed E-state index contributed by atoms with van der Waals surface area (Å²) in [5.74, 6) is -3.84. The zero-order valence-electron chi connectivity index (χ0n) is 28.6. The second-order valence-corrected chi connectivity index (χ2v) is 15.9. The van der Waals surface area contributed by atoms with Gasteiger partial charge in [0, 0.05) is 29.0 Å². The number of quaternary nitrogens is 1. The Bertz CT molecular complexity index is 1920. The fourth-order valence-corrected chi connectivity index (χ4v) is 8.30. The first kappa shape index (κ1) is 39.2. The lowest BCUT2D eigenvalue weighted by Gasteiger charge is -2.28. The Hall–Kier alpha value is -3.56. The number of benzene rings is 3. The number of aliphatic carboxylic acids is 1. The summed E-state index contributed by atoms with van der Waals surface area (Å²) in [6.07, 6.45) is 2.63. The highest BCUT2D eigenvalue weighted by atomic mass is 35.5. The van der Waals surface area contributed by atoms with Crippen LogP contribution in [-0.2, 0) is 26.0 Å². The van der Waals surface area contributed by atoms with Gasteiger partial charge < -0.3 is 14.7 Å². The Morgan fingerprint density at radius 2 is 1.72 bits per heavy atom. The highest BCUT2D eigenvalue weighted by Crippen LogP contribution is 2.39. The van der Waals surface area contributed by atoms with Crippen LogP contribution < -0.4 is 9.64 Å². The summed E-state index contributed by atoms with van der Waals surface area (Å²) >= 11 is 7.28. The van der Waals surface area contributed by atoms with Crippen LogP contribution in [0.1, 0.15) is 50.4 Å². The summed E-state index contributed by atoms with van der Waals surface area (Å²) in [5, 5.41) is 10.4. The molecule has 9 nitrogen and oxygen atoms in total. The minimum absolute atomic E-state index is 0.128. The number of nitrogens with one attached hydrogen (secondary N) is 1. The van der Waals surface area contributed by atoms with Crippen LogP contribution in [0.15, 0.2) is 70.8 Å². The molecule has 0 fully saturated rings. The Labute approximate surface area is 300 Å².